The second-order valence-electron chi connectivity index (χ2n) is 6.51. The SMILES string of the molecule is CC1(C)CN(CC2(CBr)CCCCC2)CCS1. The largest absolute Gasteiger partial charge is 0.301 e. The van der Waals surface area contributed by atoms with Crippen LogP contribution in [0.2, 0.25) is 0 Å². The van der Waals surface area contributed by atoms with Gasteiger partial charge >= 0.3 is 0 Å². The third-order valence-corrected chi connectivity index (χ3v) is 6.75. The van der Waals surface area contributed by atoms with Gasteiger partial charge in [-0.3, -0.25) is 0 Å². The molecule has 3 heteroatoms. The van der Waals surface area contributed by atoms with Gasteiger partial charge in [0.05, 0.1) is 0 Å². The summed E-state index contributed by atoms with van der Waals surface area (Å²) in [6.45, 7) is 8.68. The summed E-state index contributed by atoms with van der Waals surface area (Å²) >= 11 is 5.93. The van der Waals surface area contributed by atoms with Gasteiger partial charge in [-0.2, -0.15) is 11.8 Å². The summed E-state index contributed by atoms with van der Waals surface area (Å²) in [7, 11) is 0. The average Bonchev–Trinajstić information content (AvgIpc) is 2.29. The zero-order valence-electron chi connectivity index (χ0n) is 11.3. The van der Waals surface area contributed by atoms with Crippen LogP contribution in [0.15, 0.2) is 0 Å². The molecule has 2 rings (SSSR count). The summed E-state index contributed by atoms with van der Waals surface area (Å²) in [5.74, 6) is 1.31. The number of thioether (sulfide) groups is 1. The quantitative estimate of drug-likeness (QED) is 0.718. The van der Waals surface area contributed by atoms with Crippen molar-refractivity contribution in [2.24, 2.45) is 5.41 Å². The zero-order chi connectivity index (χ0) is 12.4. The van der Waals surface area contributed by atoms with Gasteiger partial charge in [0.25, 0.3) is 0 Å². The minimum absolute atomic E-state index is 0.459. The van der Waals surface area contributed by atoms with E-state index in [0.717, 1.165) is 0 Å². The van der Waals surface area contributed by atoms with Gasteiger partial charge in [-0.25, -0.2) is 0 Å². The molecule has 100 valence electrons. The highest BCUT2D eigenvalue weighted by Crippen LogP contribution is 2.40. The Kier molecular flexibility index (Phi) is 4.87. The lowest BCUT2D eigenvalue weighted by Crippen LogP contribution is -2.48. The first-order valence-corrected chi connectivity index (χ1v) is 9.08. The third-order valence-electron chi connectivity index (χ3n) is 4.26. The zero-order valence-corrected chi connectivity index (χ0v) is 13.7. The van der Waals surface area contributed by atoms with Gasteiger partial charge < -0.3 is 4.90 Å². The van der Waals surface area contributed by atoms with E-state index in [0.29, 0.717) is 10.2 Å². The molecule has 1 aliphatic carbocycles. The fraction of sp³-hybridized carbons (Fsp3) is 1.00. The van der Waals surface area contributed by atoms with Gasteiger partial charge in [-0.15, -0.1) is 0 Å². The summed E-state index contributed by atoms with van der Waals surface area (Å²) < 4.78 is 0.459. The maximum absolute atomic E-state index is 3.79. The normalized spacial score (nSPS) is 29.1. The highest BCUT2D eigenvalue weighted by atomic mass is 79.9. The topological polar surface area (TPSA) is 3.24 Å². The maximum Gasteiger partial charge on any atom is 0.0231 e. The van der Waals surface area contributed by atoms with Gasteiger partial charge in [-0.05, 0) is 32.1 Å². The molecule has 1 aliphatic heterocycles. The van der Waals surface area contributed by atoms with Gasteiger partial charge in [-0.1, -0.05) is 35.2 Å². The van der Waals surface area contributed by atoms with Crippen molar-refractivity contribution in [3.8, 4) is 0 Å². The average molecular weight is 320 g/mol. The van der Waals surface area contributed by atoms with E-state index in [2.05, 4.69) is 46.4 Å². The van der Waals surface area contributed by atoms with Crippen LogP contribution in [0.25, 0.3) is 0 Å². The number of nitrogens with zero attached hydrogens (tertiary/aromatic N) is 1. The van der Waals surface area contributed by atoms with Crippen molar-refractivity contribution >= 4 is 27.7 Å². The molecule has 0 aromatic carbocycles. The molecule has 17 heavy (non-hydrogen) atoms. The monoisotopic (exact) mass is 319 g/mol. The smallest absolute Gasteiger partial charge is 0.0231 e. The van der Waals surface area contributed by atoms with Gasteiger partial charge in [0.2, 0.25) is 0 Å². The van der Waals surface area contributed by atoms with Gasteiger partial charge in [0.15, 0.2) is 0 Å². The van der Waals surface area contributed by atoms with Crippen LogP contribution in [0, 0.1) is 5.41 Å². The molecule has 1 saturated carbocycles. The minimum Gasteiger partial charge on any atom is -0.301 e. The lowest BCUT2D eigenvalue weighted by Gasteiger charge is -2.44. The Labute approximate surface area is 119 Å². The number of halogens is 1. The molecule has 2 fully saturated rings. The van der Waals surface area contributed by atoms with E-state index in [1.807, 2.05) is 0 Å². The van der Waals surface area contributed by atoms with E-state index in [1.54, 1.807) is 0 Å². The number of hydrogen-bond acceptors (Lipinski definition) is 2. The Morgan fingerprint density at radius 1 is 1.18 bits per heavy atom. The Morgan fingerprint density at radius 3 is 2.47 bits per heavy atom. The predicted octanol–water partition coefficient (Wildman–Crippen LogP) is 4.16. The fourth-order valence-corrected chi connectivity index (χ4v) is 5.27. The molecule has 0 N–H and O–H groups in total. The standard InChI is InChI=1S/C14H26BrNS/c1-13(2)11-16(8-9-17-13)12-14(10-15)6-4-3-5-7-14/h3-12H2,1-2H3. The Hall–Kier alpha value is 0.790. The van der Waals surface area contributed by atoms with Crippen LogP contribution in [-0.4, -0.2) is 40.4 Å². The molecule has 2 aliphatic rings. The van der Waals surface area contributed by atoms with Crippen LogP contribution in [-0.2, 0) is 0 Å². The van der Waals surface area contributed by atoms with Gasteiger partial charge in [0, 0.05) is 35.5 Å². The Bertz CT molecular complexity index is 249. The summed E-state index contributed by atoms with van der Waals surface area (Å²) in [6, 6.07) is 0. The number of alkyl halides is 1. The lowest BCUT2D eigenvalue weighted by molar-refractivity contribution is 0.123. The highest BCUT2D eigenvalue weighted by Gasteiger charge is 2.35. The molecule has 0 bridgehead atoms. The molecule has 0 aromatic heterocycles. The molecule has 0 unspecified atom stereocenters. The van der Waals surface area contributed by atoms with E-state index >= 15 is 0 Å². The van der Waals surface area contributed by atoms with E-state index in [4.69, 9.17) is 0 Å². The van der Waals surface area contributed by atoms with Crippen molar-refractivity contribution in [1.82, 2.24) is 4.90 Å². The summed E-state index contributed by atoms with van der Waals surface area (Å²) in [5, 5.41) is 1.20. The molecule has 1 heterocycles. The van der Waals surface area contributed by atoms with Crippen molar-refractivity contribution in [2.45, 2.75) is 50.7 Å². The van der Waals surface area contributed by atoms with E-state index in [9.17, 15) is 0 Å². The summed E-state index contributed by atoms with van der Waals surface area (Å²) in [5.41, 5.74) is 0.580. The van der Waals surface area contributed by atoms with Crippen LogP contribution in [0.5, 0.6) is 0 Å². The van der Waals surface area contributed by atoms with E-state index < -0.39 is 0 Å². The minimum atomic E-state index is 0.459. The van der Waals surface area contributed by atoms with Crippen molar-refractivity contribution in [2.75, 3.05) is 30.7 Å². The first-order valence-electron chi connectivity index (χ1n) is 6.98. The molecule has 0 amide bonds. The van der Waals surface area contributed by atoms with Crippen molar-refractivity contribution in [1.29, 1.82) is 0 Å². The number of rotatable bonds is 3. The van der Waals surface area contributed by atoms with E-state index in [1.165, 1.54) is 62.8 Å². The molecule has 1 nitrogen and oxygen atoms in total. The first kappa shape index (κ1) is 14.2. The number of hydrogen-bond donors (Lipinski definition) is 0. The van der Waals surface area contributed by atoms with Gasteiger partial charge in [0.1, 0.15) is 0 Å². The molecule has 0 spiro atoms. The molecular formula is C14H26BrNS. The molecule has 0 radical (unpaired) electrons. The summed E-state index contributed by atoms with van der Waals surface area (Å²) in [4.78, 5) is 2.73. The second-order valence-corrected chi connectivity index (χ2v) is 8.88. The molecule has 0 aromatic rings. The highest BCUT2D eigenvalue weighted by molar-refractivity contribution is 9.09. The molecular weight excluding hydrogens is 294 g/mol. The molecule has 1 saturated heterocycles. The lowest BCUT2D eigenvalue weighted by atomic mass is 9.75. The third kappa shape index (κ3) is 3.87. The summed E-state index contributed by atoms with van der Waals surface area (Å²) in [6.07, 6.45) is 7.20. The van der Waals surface area contributed by atoms with Crippen LogP contribution in [0.4, 0.5) is 0 Å². The van der Waals surface area contributed by atoms with Crippen molar-refractivity contribution in [3.63, 3.8) is 0 Å². The first-order chi connectivity index (χ1) is 8.05. The van der Waals surface area contributed by atoms with Crippen LogP contribution in [0.3, 0.4) is 0 Å². The molecule has 0 atom stereocenters. The van der Waals surface area contributed by atoms with E-state index in [-0.39, 0.29) is 0 Å². The van der Waals surface area contributed by atoms with Crippen LogP contribution >= 0.6 is 27.7 Å². The predicted molar refractivity (Wildman–Crippen MR) is 82.3 cm³/mol. The maximum atomic E-state index is 3.79. The van der Waals surface area contributed by atoms with Crippen molar-refractivity contribution < 1.29 is 0 Å². The van der Waals surface area contributed by atoms with Crippen LogP contribution in [0.1, 0.15) is 46.0 Å². The Morgan fingerprint density at radius 2 is 1.88 bits per heavy atom. The van der Waals surface area contributed by atoms with Crippen molar-refractivity contribution in [3.05, 3.63) is 0 Å². The second kappa shape index (κ2) is 5.83. The van der Waals surface area contributed by atoms with Crippen LogP contribution < -0.4 is 0 Å². The fourth-order valence-electron chi connectivity index (χ4n) is 3.36. The Balaban J connectivity index is 1.93.